The lowest BCUT2D eigenvalue weighted by Gasteiger charge is -2.18. The Labute approximate surface area is 124 Å². The molecular formula is C15H19ClN2O2. The maximum absolute atomic E-state index is 12.1. The van der Waals surface area contributed by atoms with Gasteiger partial charge >= 0.3 is 0 Å². The van der Waals surface area contributed by atoms with E-state index in [4.69, 9.17) is 11.6 Å². The summed E-state index contributed by atoms with van der Waals surface area (Å²) >= 11 is 6.15. The Morgan fingerprint density at radius 1 is 1.45 bits per heavy atom. The number of nitrogens with one attached hydrogen (secondary N) is 1. The topological polar surface area (TPSA) is 49.4 Å². The summed E-state index contributed by atoms with van der Waals surface area (Å²) in [4.78, 5) is 25.5. The number of nitrogens with zero attached hydrogens (tertiary/aromatic N) is 1. The van der Waals surface area contributed by atoms with E-state index in [0.29, 0.717) is 41.7 Å². The normalized spacial score (nSPS) is 15.0. The van der Waals surface area contributed by atoms with Crippen molar-refractivity contribution >= 4 is 29.1 Å². The monoisotopic (exact) mass is 294 g/mol. The fraction of sp³-hybridized carbons (Fsp3) is 0.467. The quantitative estimate of drug-likeness (QED) is 0.928. The summed E-state index contributed by atoms with van der Waals surface area (Å²) in [6.45, 7) is 5.36. The van der Waals surface area contributed by atoms with Crippen LogP contribution in [0.1, 0.15) is 37.0 Å². The van der Waals surface area contributed by atoms with E-state index in [2.05, 4.69) is 5.32 Å². The SMILES string of the molecule is CC(C)CNC(=O)c1ccc(Cl)c(N2CCCC2=O)c1. The molecule has 1 heterocycles. The van der Waals surface area contributed by atoms with Crippen LogP contribution in [0.3, 0.4) is 0 Å². The molecule has 20 heavy (non-hydrogen) atoms. The van der Waals surface area contributed by atoms with E-state index in [1.807, 2.05) is 13.8 Å². The van der Waals surface area contributed by atoms with Crippen LogP contribution in [0.5, 0.6) is 0 Å². The molecule has 1 aromatic rings. The molecule has 5 heteroatoms. The molecule has 0 aromatic heterocycles. The number of amides is 2. The van der Waals surface area contributed by atoms with Crippen molar-refractivity contribution in [3.63, 3.8) is 0 Å². The zero-order chi connectivity index (χ0) is 14.7. The first-order chi connectivity index (χ1) is 9.49. The van der Waals surface area contributed by atoms with Crippen molar-refractivity contribution < 1.29 is 9.59 Å². The Balaban J connectivity index is 2.20. The number of anilines is 1. The van der Waals surface area contributed by atoms with Gasteiger partial charge in [0.05, 0.1) is 10.7 Å². The Kier molecular flexibility index (Phi) is 4.65. The third-order valence-electron chi connectivity index (χ3n) is 3.24. The van der Waals surface area contributed by atoms with Crippen molar-refractivity contribution in [3.05, 3.63) is 28.8 Å². The van der Waals surface area contributed by atoms with Gasteiger partial charge in [-0.05, 0) is 30.5 Å². The molecule has 0 spiro atoms. The molecule has 0 bridgehead atoms. The van der Waals surface area contributed by atoms with Gasteiger partial charge in [0.2, 0.25) is 5.91 Å². The van der Waals surface area contributed by atoms with Crippen LogP contribution in [-0.4, -0.2) is 24.9 Å². The number of carbonyl (C=O) groups excluding carboxylic acids is 2. The molecule has 1 saturated heterocycles. The van der Waals surface area contributed by atoms with Gasteiger partial charge in [-0.1, -0.05) is 25.4 Å². The third-order valence-corrected chi connectivity index (χ3v) is 3.56. The minimum Gasteiger partial charge on any atom is -0.352 e. The zero-order valence-electron chi connectivity index (χ0n) is 11.8. The van der Waals surface area contributed by atoms with Gasteiger partial charge in [0.1, 0.15) is 0 Å². The highest BCUT2D eigenvalue weighted by Gasteiger charge is 2.24. The first-order valence-corrected chi connectivity index (χ1v) is 7.25. The van der Waals surface area contributed by atoms with Crippen LogP contribution in [0.4, 0.5) is 5.69 Å². The molecule has 1 aliphatic rings. The summed E-state index contributed by atoms with van der Waals surface area (Å²) in [6, 6.07) is 5.05. The summed E-state index contributed by atoms with van der Waals surface area (Å²) in [5.74, 6) is 0.320. The minimum absolute atomic E-state index is 0.0617. The van der Waals surface area contributed by atoms with Crippen LogP contribution in [0.15, 0.2) is 18.2 Å². The highest BCUT2D eigenvalue weighted by molar-refractivity contribution is 6.34. The lowest BCUT2D eigenvalue weighted by molar-refractivity contribution is -0.117. The predicted octanol–water partition coefficient (Wildman–Crippen LogP) is 2.85. The Morgan fingerprint density at radius 2 is 2.20 bits per heavy atom. The van der Waals surface area contributed by atoms with Crippen molar-refractivity contribution in [1.29, 1.82) is 0 Å². The second-order valence-electron chi connectivity index (χ2n) is 5.42. The molecule has 1 N–H and O–H groups in total. The van der Waals surface area contributed by atoms with Gasteiger partial charge in [-0.3, -0.25) is 9.59 Å². The highest BCUT2D eigenvalue weighted by atomic mass is 35.5. The average Bonchev–Trinajstić information content (AvgIpc) is 2.82. The van der Waals surface area contributed by atoms with E-state index in [-0.39, 0.29) is 11.8 Å². The minimum atomic E-state index is -0.136. The molecule has 4 nitrogen and oxygen atoms in total. The van der Waals surface area contributed by atoms with Gasteiger partial charge < -0.3 is 10.2 Å². The third kappa shape index (κ3) is 3.31. The van der Waals surface area contributed by atoms with Crippen LogP contribution < -0.4 is 10.2 Å². The van der Waals surface area contributed by atoms with Crippen LogP contribution in [-0.2, 0) is 4.79 Å². The summed E-state index contributed by atoms with van der Waals surface area (Å²) < 4.78 is 0. The summed E-state index contributed by atoms with van der Waals surface area (Å²) in [6.07, 6.45) is 1.37. The fourth-order valence-corrected chi connectivity index (χ4v) is 2.38. The second kappa shape index (κ2) is 6.27. The van der Waals surface area contributed by atoms with Gasteiger partial charge in [-0.25, -0.2) is 0 Å². The molecular weight excluding hydrogens is 276 g/mol. The van der Waals surface area contributed by atoms with Gasteiger partial charge in [-0.2, -0.15) is 0 Å². The first-order valence-electron chi connectivity index (χ1n) is 6.87. The molecule has 1 aromatic carbocycles. The van der Waals surface area contributed by atoms with Crippen molar-refractivity contribution in [1.82, 2.24) is 5.32 Å². The van der Waals surface area contributed by atoms with Crippen LogP contribution in [0.25, 0.3) is 0 Å². The smallest absolute Gasteiger partial charge is 0.251 e. The number of hydrogen-bond donors (Lipinski definition) is 1. The van der Waals surface area contributed by atoms with Crippen LogP contribution in [0, 0.1) is 5.92 Å². The fourth-order valence-electron chi connectivity index (χ4n) is 2.16. The maximum Gasteiger partial charge on any atom is 0.251 e. The highest BCUT2D eigenvalue weighted by Crippen LogP contribution is 2.30. The molecule has 0 aliphatic carbocycles. The van der Waals surface area contributed by atoms with Crippen molar-refractivity contribution in [2.24, 2.45) is 5.92 Å². The Morgan fingerprint density at radius 3 is 2.80 bits per heavy atom. The summed E-state index contributed by atoms with van der Waals surface area (Å²) in [5, 5.41) is 3.36. The van der Waals surface area contributed by atoms with Gasteiger partial charge in [-0.15, -0.1) is 0 Å². The molecule has 0 radical (unpaired) electrons. The van der Waals surface area contributed by atoms with E-state index in [9.17, 15) is 9.59 Å². The maximum atomic E-state index is 12.1. The van der Waals surface area contributed by atoms with E-state index < -0.39 is 0 Å². The van der Waals surface area contributed by atoms with E-state index in [1.54, 1.807) is 23.1 Å². The number of halogens is 1. The van der Waals surface area contributed by atoms with Crippen LogP contribution >= 0.6 is 11.6 Å². The summed E-state index contributed by atoms with van der Waals surface area (Å²) in [5.41, 5.74) is 1.16. The molecule has 108 valence electrons. The van der Waals surface area contributed by atoms with E-state index >= 15 is 0 Å². The lowest BCUT2D eigenvalue weighted by atomic mass is 10.1. The van der Waals surface area contributed by atoms with Crippen molar-refractivity contribution in [3.8, 4) is 0 Å². The Hall–Kier alpha value is -1.55. The van der Waals surface area contributed by atoms with Crippen LogP contribution in [0.2, 0.25) is 5.02 Å². The molecule has 2 amide bonds. The molecule has 2 rings (SSSR count). The standard InChI is InChI=1S/C15H19ClN2O2/c1-10(2)9-17-15(20)11-5-6-12(16)13(8-11)18-7-3-4-14(18)19/h5-6,8,10H,3-4,7,9H2,1-2H3,(H,17,20). The number of benzene rings is 1. The zero-order valence-corrected chi connectivity index (χ0v) is 12.5. The van der Waals surface area contributed by atoms with Gasteiger partial charge in [0.15, 0.2) is 0 Å². The largest absolute Gasteiger partial charge is 0.352 e. The van der Waals surface area contributed by atoms with E-state index in [1.165, 1.54) is 0 Å². The number of carbonyl (C=O) groups is 2. The number of hydrogen-bond acceptors (Lipinski definition) is 2. The molecule has 0 unspecified atom stereocenters. The second-order valence-corrected chi connectivity index (χ2v) is 5.83. The molecule has 1 aliphatic heterocycles. The van der Waals surface area contributed by atoms with Gasteiger partial charge in [0, 0.05) is 25.1 Å². The lowest BCUT2D eigenvalue weighted by Crippen LogP contribution is -2.28. The van der Waals surface area contributed by atoms with Crippen molar-refractivity contribution in [2.75, 3.05) is 18.0 Å². The van der Waals surface area contributed by atoms with Crippen molar-refractivity contribution in [2.45, 2.75) is 26.7 Å². The first kappa shape index (κ1) is 14.9. The van der Waals surface area contributed by atoms with Gasteiger partial charge in [0.25, 0.3) is 5.91 Å². The average molecular weight is 295 g/mol. The number of rotatable bonds is 4. The molecule has 1 fully saturated rings. The van der Waals surface area contributed by atoms with E-state index in [0.717, 1.165) is 6.42 Å². The molecule has 0 saturated carbocycles. The predicted molar refractivity (Wildman–Crippen MR) is 80.2 cm³/mol. The molecule has 0 atom stereocenters. The summed E-state index contributed by atoms with van der Waals surface area (Å²) in [7, 11) is 0. The Bertz CT molecular complexity index is 529.